The average Bonchev–Trinajstić information content (AvgIpc) is 3.54. The Bertz CT molecular complexity index is 1350. The second kappa shape index (κ2) is 7.08. The van der Waals surface area contributed by atoms with Crippen LogP contribution in [0.1, 0.15) is 22.8 Å². The summed E-state index contributed by atoms with van der Waals surface area (Å²) in [4.78, 5) is 44.9. The Morgan fingerprint density at radius 2 is 1.61 bits per heavy atom. The van der Waals surface area contributed by atoms with E-state index in [-0.39, 0.29) is 57.4 Å². The molecular formula is C25H19ClN2O3S2. The number of hydrogen-bond donors (Lipinski definition) is 1. The number of para-hydroxylation sites is 1. The van der Waals surface area contributed by atoms with Gasteiger partial charge in [-0.15, -0.1) is 11.8 Å². The van der Waals surface area contributed by atoms with Crippen molar-refractivity contribution in [1.82, 2.24) is 4.98 Å². The Morgan fingerprint density at radius 1 is 0.909 bits per heavy atom. The molecule has 3 fully saturated rings. The Labute approximate surface area is 203 Å². The number of anilines is 1. The van der Waals surface area contributed by atoms with E-state index in [0.717, 1.165) is 21.9 Å². The first-order valence-corrected chi connectivity index (χ1v) is 13.2. The van der Waals surface area contributed by atoms with E-state index in [0.29, 0.717) is 10.7 Å². The zero-order valence-corrected chi connectivity index (χ0v) is 19.7. The summed E-state index contributed by atoms with van der Waals surface area (Å²) in [7, 11) is 0. The van der Waals surface area contributed by atoms with E-state index in [1.54, 1.807) is 11.8 Å². The molecule has 5 nitrogen and oxygen atoms in total. The number of amides is 2. The normalized spacial score (nSPS) is 33.8. The lowest BCUT2D eigenvalue weighted by Gasteiger charge is -2.43. The SMILES string of the molecule is O=C1[C@H]2[C@@H]3C[C@H]([C@@H]2C(=O)N1c1ccccc1)[C@H]1[C@H](c2ccc(Cl)cc2)c2sc(=O)[nH]c2S[C@H]31. The molecular weight excluding hydrogens is 476 g/mol. The number of carbonyl (C=O) groups excluding carboxylic acids is 2. The van der Waals surface area contributed by atoms with Gasteiger partial charge >= 0.3 is 4.87 Å². The molecule has 2 aliphatic heterocycles. The van der Waals surface area contributed by atoms with Crippen LogP contribution >= 0.6 is 34.7 Å². The van der Waals surface area contributed by atoms with Crippen molar-refractivity contribution in [1.29, 1.82) is 0 Å². The average molecular weight is 495 g/mol. The summed E-state index contributed by atoms with van der Waals surface area (Å²) in [6.07, 6.45) is 0.890. The third-order valence-electron chi connectivity index (χ3n) is 7.97. The molecule has 0 unspecified atom stereocenters. The summed E-state index contributed by atoms with van der Waals surface area (Å²) in [6.45, 7) is 0. The molecule has 1 saturated heterocycles. The lowest BCUT2D eigenvalue weighted by Crippen LogP contribution is -2.42. The number of H-pyrrole nitrogens is 1. The van der Waals surface area contributed by atoms with Gasteiger partial charge < -0.3 is 4.98 Å². The highest BCUT2D eigenvalue weighted by Gasteiger charge is 2.69. The maximum absolute atomic E-state index is 13.6. The van der Waals surface area contributed by atoms with Gasteiger partial charge in [0.15, 0.2) is 0 Å². The first-order valence-electron chi connectivity index (χ1n) is 11.1. The minimum atomic E-state index is -0.281. The summed E-state index contributed by atoms with van der Waals surface area (Å²) in [6, 6.07) is 17.1. The maximum Gasteiger partial charge on any atom is 0.305 e. The van der Waals surface area contributed by atoms with Gasteiger partial charge in [-0.3, -0.25) is 19.3 Å². The Kier molecular flexibility index (Phi) is 4.30. The highest BCUT2D eigenvalue weighted by atomic mass is 35.5. The summed E-state index contributed by atoms with van der Waals surface area (Å²) < 4.78 is 0. The van der Waals surface area contributed by atoms with Crippen LogP contribution in [-0.4, -0.2) is 22.0 Å². The molecule has 33 heavy (non-hydrogen) atoms. The molecule has 2 aliphatic carbocycles. The van der Waals surface area contributed by atoms with Gasteiger partial charge in [0.05, 0.1) is 22.5 Å². The predicted octanol–water partition coefficient (Wildman–Crippen LogP) is 4.77. The number of thiazole rings is 1. The van der Waals surface area contributed by atoms with Gasteiger partial charge in [0.25, 0.3) is 0 Å². The molecule has 7 rings (SSSR count). The van der Waals surface area contributed by atoms with Crippen LogP contribution in [0.4, 0.5) is 5.69 Å². The van der Waals surface area contributed by atoms with E-state index >= 15 is 0 Å². The van der Waals surface area contributed by atoms with Gasteiger partial charge in [0.2, 0.25) is 11.8 Å². The number of rotatable bonds is 2. The molecule has 1 aromatic heterocycles. The van der Waals surface area contributed by atoms with Crippen molar-refractivity contribution in [2.45, 2.75) is 22.6 Å². The summed E-state index contributed by atoms with van der Waals surface area (Å²) in [5, 5.41) is 1.79. The number of aromatic amines is 1. The minimum absolute atomic E-state index is 0.0251. The van der Waals surface area contributed by atoms with Crippen LogP contribution in [0.25, 0.3) is 0 Å². The van der Waals surface area contributed by atoms with Gasteiger partial charge in [-0.1, -0.05) is 53.3 Å². The van der Waals surface area contributed by atoms with E-state index in [9.17, 15) is 14.4 Å². The van der Waals surface area contributed by atoms with Crippen LogP contribution in [-0.2, 0) is 9.59 Å². The van der Waals surface area contributed by atoms with Crippen LogP contribution in [0.3, 0.4) is 0 Å². The highest BCUT2D eigenvalue weighted by Crippen LogP contribution is 2.68. The monoisotopic (exact) mass is 494 g/mol. The Balaban J connectivity index is 1.34. The molecule has 2 amide bonds. The maximum atomic E-state index is 13.6. The fraction of sp³-hybridized carbons (Fsp3) is 0.320. The third-order valence-corrected chi connectivity index (χ3v) is 10.8. The highest BCUT2D eigenvalue weighted by molar-refractivity contribution is 8.00. The van der Waals surface area contributed by atoms with Crippen molar-refractivity contribution in [2.24, 2.45) is 29.6 Å². The van der Waals surface area contributed by atoms with Crippen molar-refractivity contribution in [3.8, 4) is 0 Å². The number of benzene rings is 2. The fourth-order valence-corrected chi connectivity index (χ4v) is 9.91. The molecule has 0 radical (unpaired) electrons. The molecule has 1 N–H and O–H groups in total. The van der Waals surface area contributed by atoms with Crippen LogP contribution in [0, 0.1) is 29.6 Å². The second-order valence-electron chi connectivity index (χ2n) is 9.36. The molecule has 4 aliphatic rings. The molecule has 2 aromatic carbocycles. The smallest absolute Gasteiger partial charge is 0.305 e. The van der Waals surface area contributed by atoms with Crippen molar-refractivity contribution in [2.75, 3.05) is 4.90 Å². The number of aromatic nitrogens is 1. The summed E-state index contributed by atoms with van der Waals surface area (Å²) in [5.41, 5.74) is 1.78. The molecule has 166 valence electrons. The van der Waals surface area contributed by atoms with Gasteiger partial charge in [0, 0.05) is 21.1 Å². The van der Waals surface area contributed by atoms with Crippen molar-refractivity contribution < 1.29 is 9.59 Å². The first kappa shape index (κ1) is 20.1. The molecule has 0 spiro atoms. The zero-order chi connectivity index (χ0) is 22.4. The molecule has 3 heterocycles. The van der Waals surface area contributed by atoms with E-state index in [1.165, 1.54) is 16.2 Å². The number of thioether (sulfide) groups is 1. The number of carbonyl (C=O) groups is 2. The van der Waals surface area contributed by atoms with Crippen molar-refractivity contribution in [3.63, 3.8) is 0 Å². The Morgan fingerprint density at radius 3 is 2.33 bits per heavy atom. The lowest BCUT2D eigenvalue weighted by molar-refractivity contribution is -0.123. The van der Waals surface area contributed by atoms with Crippen molar-refractivity contribution >= 4 is 52.2 Å². The molecule has 8 heteroatoms. The predicted molar refractivity (Wildman–Crippen MR) is 129 cm³/mol. The summed E-state index contributed by atoms with van der Waals surface area (Å²) >= 11 is 9.15. The van der Waals surface area contributed by atoms with Gasteiger partial charge in [-0.05, 0) is 54.0 Å². The van der Waals surface area contributed by atoms with E-state index in [4.69, 9.17) is 11.6 Å². The van der Waals surface area contributed by atoms with Crippen LogP contribution in [0.5, 0.6) is 0 Å². The van der Waals surface area contributed by atoms with Gasteiger partial charge in [-0.25, -0.2) is 0 Å². The van der Waals surface area contributed by atoms with Crippen LogP contribution in [0.15, 0.2) is 64.4 Å². The molecule has 2 saturated carbocycles. The third kappa shape index (κ3) is 2.70. The standard InChI is InChI=1S/C25H19ClN2O3S2/c26-12-8-6-11(7-9-12)16-17-14-10-15(20(17)32-22-21(16)33-25(31)27-22)19-18(14)23(29)28(24(19)30)13-4-2-1-3-5-13/h1-9,14-20H,10H2,(H,27,31)/t14-,15-,16-,17-,18-,19-,20+/m0/s1. The number of fused-ring (bicyclic) bond motifs is 9. The topological polar surface area (TPSA) is 70.2 Å². The number of halogens is 1. The number of imide groups is 1. The molecule has 3 aromatic rings. The van der Waals surface area contributed by atoms with Gasteiger partial charge in [0.1, 0.15) is 0 Å². The van der Waals surface area contributed by atoms with E-state index in [1.807, 2.05) is 54.6 Å². The van der Waals surface area contributed by atoms with E-state index in [2.05, 4.69) is 4.98 Å². The van der Waals surface area contributed by atoms with Crippen LogP contribution in [0.2, 0.25) is 5.02 Å². The summed E-state index contributed by atoms with van der Waals surface area (Å²) in [5.74, 6) is -0.192. The number of nitrogens with zero attached hydrogens (tertiary/aromatic N) is 1. The fourth-order valence-electron chi connectivity index (χ4n) is 6.89. The number of hydrogen-bond acceptors (Lipinski definition) is 5. The van der Waals surface area contributed by atoms with Crippen LogP contribution < -0.4 is 9.77 Å². The number of nitrogens with one attached hydrogen (secondary N) is 1. The Hall–Kier alpha value is -2.35. The lowest BCUT2D eigenvalue weighted by atomic mass is 9.68. The second-order valence-corrected chi connectivity index (χ2v) is 12.0. The molecule has 2 bridgehead atoms. The largest absolute Gasteiger partial charge is 0.307 e. The van der Waals surface area contributed by atoms with E-state index < -0.39 is 0 Å². The van der Waals surface area contributed by atoms with Crippen molar-refractivity contribution in [3.05, 3.63) is 79.7 Å². The molecule has 7 atom stereocenters. The zero-order valence-electron chi connectivity index (χ0n) is 17.3. The van der Waals surface area contributed by atoms with Gasteiger partial charge in [-0.2, -0.15) is 0 Å². The first-order chi connectivity index (χ1) is 16.0. The quantitative estimate of drug-likeness (QED) is 0.521. The minimum Gasteiger partial charge on any atom is -0.307 e.